The van der Waals surface area contributed by atoms with Crippen LogP contribution < -0.4 is 10.7 Å². The van der Waals surface area contributed by atoms with Gasteiger partial charge in [-0.2, -0.15) is 0 Å². The van der Waals surface area contributed by atoms with E-state index >= 15 is 0 Å². The number of hydrogen-bond donors (Lipinski definition) is 4. The van der Waals surface area contributed by atoms with Crippen LogP contribution in [0.25, 0.3) is 11.8 Å². The maximum atomic E-state index is 11.6. The van der Waals surface area contributed by atoms with E-state index in [1.807, 2.05) is 29.4 Å². The average molecular weight is 424 g/mol. The summed E-state index contributed by atoms with van der Waals surface area (Å²) in [6.07, 6.45) is 9.90. The van der Waals surface area contributed by atoms with Crippen molar-refractivity contribution in [3.63, 3.8) is 0 Å². The number of halogens is 1. The van der Waals surface area contributed by atoms with E-state index in [4.69, 9.17) is 11.6 Å². The molecule has 0 saturated heterocycles. The third kappa shape index (κ3) is 2.93. The molecule has 1 amide bonds. The molecular formula is C21H18ClN5O3. The topological polar surface area (TPSA) is 102 Å². The van der Waals surface area contributed by atoms with Gasteiger partial charge in [0.2, 0.25) is 5.96 Å². The fourth-order valence-corrected chi connectivity index (χ4v) is 4.12. The highest BCUT2D eigenvalue weighted by atomic mass is 35.5. The number of methoxy groups -OCH3 is 1. The number of allylic oxidation sites excluding steroid dienone is 2. The SMILES string of the molecule is COC(=O)NC1=NC=C2C=Cc3c[nH]c4c3C(=CCC4c3ccc(O)c(Cl)c3)N2N1. The molecule has 1 aromatic heterocycles. The Bertz CT molecular complexity index is 1180. The van der Waals surface area contributed by atoms with Crippen molar-refractivity contribution in [2.75, 3.05) is 7.11 Å². The van der Waals surface area contributed by atoms with Crippen molar-refractivity contribution in [3.05, 3.63) is 75.9 Å². The first-order valence-electron chi connectivity index (χ1n) is 9.33. The Hall–Kier alpha value is -3.65. The minimum atomic E-state index is -0.603. The average Bonchev–Trinajstić information content (AvgIpc) is 3.11. The van der Waals surface area contributed by atoms with Gasteiger partial charge in [0.05, 0.1) is 29.7 Å². The van der Waals surface area contributed by atoms with Crippen molar-refractivity contribution in [2.45, 2.75) is 12.3 Å². The number of hydrazine groups is 1. The number of nitrogens with one attached hydrogen (secondary N) is 3. The number of aromatic amines is 1. The van der Waals surface area contributed by atoms with Crippen molar-refractivity contribution < 1.29 is 14.6 Å². The largest absolute Gasteiger partial charge is 0.506 e. The van der Waals surface area contributed by atoms with E-state index in [0.717, 1.165) is 40.2 Å². The third-order valence-corrected chi connectivity index (χ3v) is 5.65. The maximum absolute atomic E-state index is 11.6. The van der Waals surface area contributed by atoms with Gasteiger partial charge in [0.25, 0.3) is 0 Å². The number of phenolic OH excluding ortho intramolecular Hbond substituents is 1. The summed E-state index contributed by atoms with van der Waals surface area (Å²) in [5.41, 5.74) is 9.11. The smallest absolute Gasteiger partial charge is 0.413 e. The van der Waals surface area contributed by atoms with Crippen LogP contribution in [0.1, 0.15) is 34.7 Å². The lowest BCUT2D eigenvalue weighted by molar-refractivity contribution is 0.176. The molecule has 0 radical (unpaired) electrons. The molecule has 30 heavy (non-hydrogen) atoms. The Balaban J connectivity index is 1.53. The van der Waals surface area contributed by atoms with Crippen LogP contribution >= 0.6 is 11.6 Å². The molecule has 0 saturated carbocycles. The highest BCUT2D eigenvalue weighted by Crippen LogP contribution is 2.44. The van der Waals surface area contributed by atoms with Gasteiger partial charge >= 0.3 is 6.09 Å². The van der Waals surface area contributed by atoms with Crippen LogP contribution in [0.15, 0.2) is 53.4 Å². The summed E-state index contributed by atoms with van der Waals surface area (Å²) in [5, 5.41) is 14.5. The third-order valence-electron chi connectivity index (χ3n) is 5.35. The lowest BCUT2D eigenvalue weighted by Gasteiger charge is -2.34. The summed E-state index contributed by atoms with van der Waals surface area (Å²) >= 11 is 6.15. The molecule has 0 bridgehead atoms. The second kappa shape index (κ2) is 7.00. The predicted octanol–water partition coefficient (Wildman–Crippen LogP) is 3.65. The Morgan fingerprint density at radius 1 is 1.40 bits per heavy atom. The Kier molecular flexibility index (Phi) is 4.29. The van der Waals surface area contributed by atoms with Gasteiger partial charge in [0, 0.05) is 28.9 Å². The fourth-order valence-electron chi connectivity index (χ4n) is 3.93. The van der Waals surface area contributed by atoms with Crippen LogP contribution in [0, 0.1) is 0 Å². The number of amides is 1. The number of benzene rings is 1. The fraction of sp³-hybridized carbons (Fsp3) is 0.143. The van der Waals surface area contributed by atoms with Gasteiger partial charge in [-0.15, -0.1) is 0 Å². The number of carbonyl (C=O) groups excluding carboxylic acids is 1. The van der Waals surface area contributed by atoms with Crippen LogP contribution in [0.2, 0.25) is 5.02 Å². The van der Waals surface area contributed by atoms with E-state index in [9.17, 15) is 9.90 Å². The molecule has 2 aliphatic heterocycles. The lowest BCUT2D eigenvalue weighted by Crippen LogP contribution is -2.50. The number of fused-ring (bicyclic) bond motifs is 2. The molecule has 9 heteroatoms. The number of carbonyl (C=O) groups is 1. The highest BCUT2D eigenvalue weighted by Gasteiger charge is 2.33. The molecule has 0 spiro atoms. The molecule has 1 aromatic carbocycles. The lowest BCUT2D eigenvalue weighted by atomic mass is 9.84. The van der Waals surface area contributed by atoms with Crippen molar-refractivity contribution >= 4 is 35.4 Å². The molecule has 4 N–H and O–H groups in total. The predicted molar refractivity (Wildman–Crippen MR) is 113 cm³/mol. The number of alkyl carbamates (subject to hydrolysis) is 1. The van der Waals surface area contributed by atoms with Crippen molar-refractivity contribution in [3.8, 4) is 5.75 Å². The molecular weight excluding hydrogens is 406 g/mol. The van der Waals surface area contributed by atoms with E-state index in [2.05, 4.69) is 31.5 Å². The summed E-state index contributed by atoms with van der Waals surface area (Å²) in [6.45, 7) is 0. The van der Waals surface area contributed by atoms with E-state index in [1.165, 1.54) is 7.11 Å². The second-order valence-electron chi connectivity index (χ2n) is 7.05. The van der Waals surface area contributed by atoms with Crippen LogP contribution in [-0.2, 0) is 4.74 Å². The van der Waals surface area contributed by atoms with Crippen molar-refractivity contribution in [1.29, 1.82) is 0 Å². The Labute approximate surface area is 177 Å². The summed E-state index contributed by atoms with van der Waals surface area (Å²) < 4.78 is 4.65. The van der Waals surface area contributed by atoms with Crippen molar-refractivity contribution in [2.24, 2.45) is 4.99 Å². The first kappa shape index (κ1) is 18.4. The molecule has 1 atom stereocenters. The number of aromatic nitrogens is 1. The number of ether oxygens (including phenoxy) is 1. The van der Waals surface area contributed by atoms with Gasteiger partial charge in [-0.3, -0.25) is 15.8 Å². The minimum Gasteiger partial charge on any atom is -0.506 e. The molecule has 3 heterocycles. The number of phenols is 1. The monoisotopic (exact) mass is 423 g/mol. The van der Waals surface area contributed by atoms with Gasteiger partial charge in [-0.25, -0.2) is 9.79 Å². The molecule has 2 aromatic rings. The van der Waals surface area contributed by atoms with E-state index in [-0.39, 0.29) is 17.6 Å². The zero-order chi connectivity index (χ0) is 20.8. The summed E-state index contributed by atoms with van der Waals surface area (Å²) in [6, 6.07) is 5.31. The van der Waals surface area contributed by atoms with Gasteiger partial charge < -0.3 is 14.8 Å². The molecule has 3 aliphatic rings. The van der Waals surface area contributed by atoms with E-state index in [1.54, 1.807) is 18.3 Å². The van der Waals surface area contributed by atoms with Gasteiger partial charge in [-0.1, -0.05) is 29.8 Å². The van der Waals surface area contributed by atoms with Gasteiger partial charge in [0.1, 0.15) is 5.75 Å². The maximum Gasteiger partial charge on any atom is 0.413 e. The van der Waals surface area contributed by atoms with Crippen molar-refractivity contribution in [1.82, 2.24) is 20.7 Å². The number of aromatic hydroxyl groups is 1. The zero-order valence-corrected chi connectivity index (χ0v) is 16.7. The molecule has 0 fully saturated rings. The zero-order valence-electron chi connectivity index (χ0n) is 15.9. The molecule has 5 rings (SSSR count). The quantitative estimate of drug-likeness (QED) is 0.560. The minimum absolute atomic E-state index is 0.0675. The Morgan fingerprint density at radius 2 is 2.27 bits per heavy atom. The number of aliphatic imine (C=N–C) groups is 1. The number of guanidine groups is 1. The first-order chi connectivity index (χ1) is 14.5. The van der Waals surface area contributed by atoms with E-state index < -0.39 is 6.09 Å². The molecule has 8 nitrogen and oxygen atoms in total. The van der Waals surface area contributed by atoms with E-state index in [0.29, 0.717) is 5.02 Å². The first-order valence-corrected chi connectivity index (χ1v) is 9.71. The normalized spacial score (nSPS) is 18.8. The van der Waals surface area contributed by atoms with Gasteiger partial charge in [0.15, 0.2) is 0 Å². The number of hydrogen-bond acceptors (Lipinski definition) is 6. The number of nitrogens with zero attached hydrogens (tertiary/aromatic N) is 2. The molecule has 1 unspecified atom stereocenters. The molecule has 1 aliphatic carbocycles. The summed E-state index contributed by atoms with van der Waals surface area (Å²) in [4.78, 5) is 19.2. The number of rotatable bonds is 1. The highest BCUT2D eigenvalue weighted by molar-refractivity contribution is 6.32. The van der Waals surface area contributed by atoms with Gasteiger partial charge in [-0.05, 0) is 30.2 Å². The van der Waals surface area contributed by atoms with Crippen LogP contribution in [0.5, 0.6) is 5.75 Å². The summed E-state index contributed by atoms with van der Waals surface area (Å²) in [5.74, 6) is 0.409. The van der Waals surface area contributed by atoms with Crippen LogP contribution in [0.4, 0.5) is 4.79 Å². The number of H-pyrrole nitrogens is 1. The summed E-state index contributed by atoms with van der Waals surface area (Å²) in [7, 11) is 1.30. The van der Waals surface area contributed by atoms with Crippen LogP contribution in [0.3, 0.4) is 0 Å². The standard InChI is InChI=1S/C21H18ClN5O3/c1-30-21(29)25-20-24-10-13-4-2-12-9-23-19-14(11-3-7-17(28)15(22)8-11)5-6-16(18(12)19)27(13)26-20/h2-4,6-10,14,23,28H,5H2,1H3,(H2,24,25,26,29). The second-order valence-corrected chi connectivity index (χ2v) is 7.46. The van der Waals surface area contributed by atoms with Crippen LogP contribution in [-0.4, -0.2) is 34.3 Å². The molecule has 152 valence electrons. The Morgan fingerprint density at radius 3 is 3.07 bits per heavy atom.